The number of amides is 1. The molecule has 152 valence electrons. The lowest BCUT2D eigenvalue weighted by Gasteiger charge is -2.18. The molecule has 1 N–H and O–H groups in total. The molecule has 6 nitrogen and oxygen atoms in total. The molecule has 0 aliphatic rings. The lowest BCUT2D eigenvalue weighted by molar-refractivity contribution is -0.118. The van der Waals surface area contributed by atoms with Gasteiger partial charge < -0.3 is 10.1 Å². The SMILES string of the molecule is CN(c1ccc(OCC(=O)Nc2cccc(Cl)c2Cl)cc1)S(=O)(=O)c1cccs1. The summed E-state index contributed by atoms with van der Waals surface area (Å²) in [6.07, 6.45) is 0. The van der Waals surface area contributed by atoms with Gasteiger partial charge in [0.15, 0.2) is 6.61 Å². The minimum atomic E-state index is -3.61. The highest BCUT2D eigenvalue weighted by Crippen LogP contribution is 2.29. The van der Waals surface area contributed by atoms with Crippen LogP contribution in [0.1, 0.15) is 0 Å². The lowest BCUT2D eigenvalue weighted by Crippen LogP contribution is -2.25. The van der Waals surface area contributed by atoms with E-state index in [4.69, 9.17) is 27.9 Å². The van der Waals surface area contributed by atoms with Crippen molar-refractivity contribution in [1.82, 2.24) is 0 Å². The molecule has 0 radical (unpaired) electrons. The third kappa shape index (κ3) is 5.02. The maximum Gasteiger partial charge on any atom is 0.273 e. The van der Waals surface area contributed by atoms with Gasteiger partial charge in [-0.25, -0.2) is 8.42 Å². The van der Waals surface area contributed by atoms with Crippen molar-refractivity contribution < 1.29 is 17.9 Å². The van der Waals surface area contributed by atoms with Crippen molar-refractivity contribution in [3.05, 3.63) is 70.0 Å². The Bertz CT molecular complexity index is 1100. The van der Waals surface area contributed by atoms with E-state index in [2.05, 4.69) is 5.32 Å². The van der Waals surface area contributed by atoms with Crippen molar-refractivity contribution in [2.75, 3.05) is 23.3 Å². The van der Waals surface area contributed by atoms with Crippen LogP contribution in [-0.2, 0) is 14.8 Å². The fraction of sp³-hybridized carbons (Fsp3) is 0.105. The lowest BCUT2D eigenvalue weighted by atomic mass is 10.3. The molecule has 0 unspecified atom stereocenters. The number of nitrogens with zero attached hydrogens (tertiary/aromatic N) is 1. The van der Waals surface area contributed by atoms with Gasteiger partial charge in [0.1, 0.15) is 9.96 Å². The Labute approximate surface area is 182 Å². The second kappa shape index (κ2) is 9.04. The topological polar surface area (TPSA) is 75.7 Å². The van der Waals surface area contributed by atoms with Gasteiger partial charge in [0, 0.05) is 7.05 Å². The molecule has 0 aliphatic carbocycles. The first-order chi connectivity index (χ1) is 13.8. The normalized spacial score (nSPS) is 11.1. The predicted octanol–water partition coefficient (Wildman–Crippen LogP) is 4.90. The highest BCUT2D eigenvalue weighted by Gasteiger charge is 2.22. The van der Waals surface area contributed by atoms with Crippen LogP contribution in [0.4, 0.5) is 11.4 Å². The molecule has 0 aliphatic heterocycles. The number of anilines is 2. The molecule has 0 saturated carbocycles. The summed E-state index contributed by atoms with van der Waals surface area (Å²) in [6, 6.07) is 14.5. The first-order valence-corrected chi connectivity index (χ1v) is 11.4. The monoisotopic (exact) mass is 470 g/mol. The smallest absolute Gasteiger partial charge is 0.273 e. The van der Waals surface area contributed by atoms with E-state index in [1.807, 2.05) is 0 Å². The molecule has 10 heteroatoms. The molecule has 0 atom stereocenters. The fourth-order valence-electron chi connectivity index (χ4n) is 2.37. The number of hydrogen-bond acceptors (Lipinski definition) is 5. The molecular formula is C19H16Cl2N2O4S2. The molecule has 0 spiro atoms. The Morgan fingerprint density at radius 2 is 1.83 bits per heavy atom. The molecule has 1 amide bonds. The van der Waals surface area contributed by atoms with Gasteiger partial charge >= 0.3 is 0 Å². The number of carbonyl (C=O) groups is 1. The van der Waals surface area contributed by atoms with Crippen molar-refractivity contribution in [3.8, 4) is 5.75 Å². The van der Waals surface area contributed by atoms with Crippen LogP contribution in [0.15, 0.2) is 64.2 Å². The summed E-state index contributed by atoms with van der Waals surface area (Å²) in [7, 11) is -2.13. The molecule has 0 fully saturated rings. The Morgan fingerprint density at radius 1 is 1.10 bits per heavy atom. The first-order valence-electron chi connectivity index (χ1n) is 8.28. The van der Waals surface area contributed by atoms with E-state index in [0.29, 0.717) is 22.1 Å². The van der Waals surface area contributed by atoms with Crippen LogP contribution in [0, 0.1) is 0 Å². The standard InChI is InChI=1S/C19H16Cl2N2O4S2/c1-23(29(25,26)18-6-3-11-28-18)13-7-9-14(10-8-13)27-12-17(24)22-16-5-2-4-15(20)19(16)21/h2-11H,12H2,1H3,(H,22,24). The molecule has 3 rings (SSSR count). The molecule has 2 aromatic carbocycles. The molecule has 1 heterocycles. The van der Waals surface area contributed by atoms with Crippen molar-refractivity contribution >= 4 is 61.8 Å². The molecule has 29 heavy (non-hydrogen) atoms. The van der Waals surface area contributed by atoms with E-state index in [-0.39, 0.29) is 15.8 Å². The number of carbonyl (C=O) groups excluding carboxylic acids is 1. The third-order valence-electron chi connectivity index (χ3n) is 3.91. The zero-order valence-electron chi connectivity index (χ0n) is 15.1. The average Bonchev–Trinajstić information content (AvgIpc) is 3.25. The number of rotatable bonds is 7. The molecule has 0 bridgehead atoms. The number of nitrogens with one attached hydrogen (secondary N) is 1. The van der Waals surface area contributed by atoms with Crippen LogP contribution in [0.5, 0.6) is 5.75 Å². The first kappa shape index (κ1) is 21.4. The van der Waals surface area contributed by atoms with E-state index in [1.165, 1.54) is 11.4 Å². The van der Waals surface area contributed by atoms with Crippen LogP contribution in [-0.4, -0.2) is 28.0 Å². The maximum absolute atomic E-state index is 12.6. The quantitative estimate of drug-likeness (QED) is 0.532. The number of halogens is 2. The summed E-state index contributed by atoms with van der Waals surface area (Å²) in [4.78, 5) is 12.1. The summed E-state index contributed by atoms with van der Waals surface area (Å²) >= 11 is 13.1. The highest BCUT2D eigenvalue weighted by atomic mass is 35.5. The number of benzene rings is 2. The van der Waals surface area contributed by atoms with E-state index in [0.717, 1.165) is 11.3 Å². The zero-order chi connectivity index (χ0) is 21.0. The zero-order valence-corrected chi connectivity index (χ0v) is 18.3. The third-order valence-corrected chi connectivity index (χ3v) is 7.88. The second-order valence-corrected chi connectivity index (χ2v) is 9.77. The van der Waals surface area contributed by atoms with E-state index >= 15 is 0 Å². The van der Waals surface area contributed by atoms with Gasteiger partial charge in [-0.05, 0) is 47.8 Å². The Hall–Kier alpha value is -2.26. The van der Waals surface area contributed by atoms with Gasteiger partial charge in [-0.2, -0.15) is 0 Å². The van der Waals surface area contributed by atoms with E-state index in [9.17, 15) is 13.2 Å². The van der Waals surface area contributed by atoms with Crippen LogP contribution < -0.4 is 14.4 Å². The van der Waals surface area contributed by atoms with Gasteiger partial charge in [-0.3, -0.25) is 9.10 Å². The minimum Gasteiger partial charge on any atom is -0.484 e. The van der Waals surface area contributed by atoms with Crippen molar-refractivity contribution in [3.63, 3.8) is 0 Å². The second-order valence-electron chi connectivity index (χ2n) is 5.84. The number of thiophene rings is 1. The van der Waals surface area contributed by atoms with E-state index < -0.39 is 15.9 Å². The van der Waals surface area contributed by atoms with Crippen LogP contribution in [0.3, 0.4) is 0 Å². The summed E-state index contributed by atoms with van der Waals surface area (Å²) in [5, 5.41) is 4.91. The summed E-state index contributed by atoms with van der Waals surface area (Å²) < 4.78 is 32.0. The van der Waals surface area contributed by atoms with Crippen molar-refractivity contribution in [1.29, 1.82) is 0 Å². The highest BCUT2D eigenvalue weighted by molar-refractivity contribution is 7.94. The molecule has 1 aromatic heterocycles. The molecule has 0 saturated heterocycles. The van der Waals surface area contributed by atoms with Crippen molar-refractivity contribution in [2.45, 2.75) is 4.21 Å². The number of hydrogen-bond donors (Lipinski definition) is 1. The molecular weight excluding hydrogens is 455 g/mol. The molecule has 3 aromatic rings. The fourth-order valence-corrected chi connectivity index (χ4v) is 5.08. The van der Waals surface area contributed by atoms with Crippen molar-refractivity contribution in [2.24, 2.45) is 0 Å². The van der Waals surface area contributed by atoms with Gasteiger partial charge in [-0.15, -0.1) is 11.3 Å². The van der Waals surface area contributed by atoms with Gasteiger partial charge in [0.25, 0.3) is 15.9 Å². The van der Waals surface area contributed by atoms with Crippen LogP contribution in [0.2, 0.25) is 10.0 Å². The predicted molar refractivity (Wildman–Crippen MR) is 117 cm³/mol. The van der Waals surface area contributed by atoms with Gasteiger partial charge in [0.2, 0.25) is 0 Å². The Balaban J connectivity index is 1.61. The average molecular weight is 471 g/mol. The summed E-state index contributed by atoms with van der Waals surface area (Å²) in [5.41, 5.74) is 0.865. The van der Waals surface area contributed by atoms with Crippen LogP contribution in [0.25, 0.3) is 0 Å². The summed E-state index contributed by atoms with van der Waals surface area (Å²) in [6.45, 7) is -0.245. The van der Waals surface area contributed by atoms with E-state index in [1.54, 1.807) is 60.0 Å². The van der Waals surface area contributed by atoms with Gasteiger partial charge in [-0.1, -0.05) is 35.3 Å². The van der Waals surface area contributed by atoms with Gasteiger partial charge in [0.05, 0.1) is 21.4 Å². The summed E-state index contributed by atoms with van der Waals surface area (Å²) in [5.74, 6) is 0.0126. The van der Waals surface area contributed by atoms with Crippen LogP contribution >= 0.6 is 34.5 Å². The number of sulfonamides is 1. The number of ether oxygens (including phenoxy) is 1. The Kier molecular flexibility index (Phi) is 6.69. The Morgan fingerprint density at radius 3 is 2.48 bits per heavy atom. The minimum absolute atomic E-state index is 0.245. The maximum atomic E-state index is 12.6. The largest absolute Gasteiger partial charge is 0.484 e.